The summed E-state index contributed by atoms with van der Waals surface area (Å²) in [5.41, 5.74) is 4.00. The molecule has 0 saturated heterocycles. The Bertz CT molecular complexity index is 919. The SMILES string of the molecule is CCCOC(=O)c1cccc(-c2cc(CO)ccc2OCc2ccccc2)c1. The fraction of sp³-hybridized carbons (Fsp3) is 0.208. The first-order chi connectivity index (χ1) is 13.7. The molecule has 0 unspecified atom stereocenters. The molecule has 0 bridgehead atoms. The summed E-state index contributed by atoms with van der Waals surface area (Å²) in [6, 6.07) is 22.8. The molecule has 4 heteroatoms. The van der Waals surface area contributed by atoms with Crippen molar-refractivity contribution in [3.05, 3.63) is 89.5 Å². The minimum Gasteiger partial charge on any atom is -0.488 e. The minimum absolute atomic E-state index is 0.0653. The average Bonchev–Trinajstić information content (AvgIpc) is 2.76. The Hall–Kier alpha value is -3.11. The van der Waals surface area contributed by atoms with E-state index in [9.17, 15) is 9.90 Å². The van der Waals surface area contributed by atoms with Crippen LogP contribution in [0.5, 0.6) is 5.75 Å². The molecule has 4 nitrogen and oxygen atoms in total. The molecule has 0 atom stereocenters. The highest BCUT2D eigenvalue weighted by Crippen LogP contribution is 2.32. The van der Waals surface area contributed by atoms with Crippen LogP contribution in [0.3, 0.4) is 0 Å². The first-order valence-corrected chi connectivity index (χ1v) is 9.39. The average molecular weight is 376 g/mol. The van der Waals surface area contributed by atoms with Gasteiger partial charge in [-0.1, -0.05) is 55.5 Å². The first-order valence-electron chi connectivity index (χ1n) is 9.39. The summed E-state index contributed by atoms with van der Waals surface area (Å²) in [4.78, 5) is 12.2. The van der Waals surface area contributed by atoms with Crippen LogP contribution in [-0.4, -0.2) is 17.7 Å². The number of esters is 1. The molecule has 0 heterocycles. The number of rotatable bonds is 8. The molecule has 0 radical (unpaired) electrons. The van der Waals surface area contributed by atoms with Gasteiger partial charge in [-0.05, 0) is 47.4 Å². The van der Waals surface area contributed by atoms with E-state index in [1.54, 1.807) is 12.1 Å². The van der Waals surface area contributed by atoms with Crippen molar-refractivity contribution >= 4 is 5.97 Å². The molecule has 0 aromatic heterocycles. The molecule has 0 aliphatic carbocycles. The molecule has 0 amide bonds. The van der Waals surface area contributed by atoms with Crippen molar-refractivity contribution in [1.82, 2.24) is 0 Å². The van der Waals surface area contributed by atoms with Crippen LogP contribution in [-0.2, 0) is 18.0 Å². The highest BCUT2D eigenvalue weighted by Gasteiger charge is 2.12. The van der Waals surface area contributed by atoms with E-state index in [4.69, 9.17) is 9.47 Å². The van der Waals surface area contributed by atoms with Crippen LogP contribution >= 0.6 is 0 Å². The van der Waals surface area contributed by atoms with Gasteiger partial charge in [-0.3, -0.25) is 0 Å². The van der Waals surface area contributed by atoms with Gasteiger partial charge in [-0.25, -0.2) is 4.79 Å². The molecular weight excluding hydrogens is 352 g/mol. The fourth-order valence-corrected chi connectivity index (χ4v) is 2.85. The smallest absolute Gasteiger partial charge is 0.338 e. The van der Waals surface area contributed by atoms with E-state index in [-0.39, 0.29) is 12.6 Å². The summed E-state index contributed by atoms with van der Waals surface area (Å²) >= 11 is 0. The van der Waals surface area contributed by atoms with E-state index >= 15 is 0 Å². The van der Waals surface area contributed by atoms with Crippen LogP contribution in [0.15, 0.2) is 72.8 Å². The molecule has 0 aliphatic heterocycles. The van der Waals surface area contributed by atoms with E-state index in [2.05, 4.69) is 0 Å². The van der Waals surface area contributed by atoms with Gasteiger partial charge in [0.25, 0.3) is 0 Å². The summed E-state index contributed by atoms with van der Waals surface area (Å²) in [5, 5.41) is 9.53. The van der Waals surface area contributed by atoms with Crippen molar-refractivity contribution in [3.63, 3.8) is 0 Å². The number of carbonyl (C=O) groups excluding carboxylic acids is 1. The number of carbonyl (C=O) groups is 1. The second-order valence-electron chi connectivity index (χ2n) is 6.48. The number of benzene rings is 3. The molecule has 0 spiro atoms. The quantitative estimate of drug-likeness (QED) is 0.563. The second-order valence-corrected chi connectivity index (χ2v) is 6.48. The molecule has 0 aliphatic rings. The predicted octanol–water partition coefficient (Wildman–Crippen LogP) is 4.99. The van der Waals surface area contributed by atoms with Gasteiger partial charge in [-0.15, -0.1) is 0 Å². The van der Waals surface area contributed by atoms with Crippen LogP contribution in [0.25, 0.3) is 11.1 Å². The van der Waals surface area contributed by atoms with Crippen molar-refractivity contribution in [2.24, 2.45) is 0 Å². The maximum atomic E-state index is 12.2. The molecule has 0 saturated carbocycles. The maximum Gasteiger partial charge on any atom is 0.338 e. The Morgan fingerprint density at radius 1 is 0.929 bits per heavy atom. The summed E-state index contributed by atoms with van der Waals surface area (Å²) in [5.74, 6) is 0.355. The zero-order chi connectivity index (χ0) is 19.8. The van der Waals surface area contributed by atoms with Crippen LogP contribution in [0.4, 0.5) is 0 Å². The van der Waals surface area contributed by atoms with Crippen LogP contribution in [0.1, 0.15) is 34.8 Å². The zero-order valence-electron chi connectivity index (χ0n) is 15.9. The highest BCUT2D eigenvalue weighted by molar-refractivity contribution is 5.91. The second kappa shape index (κ2) is 9.72. The molecule has 144 valence electrons. The van der Waals surface area contributed by atoms with Gasteiger partial charge in [0.05, 0.1) is 18.8 Å². The lowest BCUT2D eigenvalue weighted by atomic mass is 10.00. The fourth-order valence-electron chi connectivity index (χ4n) is 2.85. The van der Waals surface area contributed by atoms with Gasteiger partial charge in [0.2, 0.25) is 0 Å². The third kappa shape index (κ3) is 4.99. The van der Waals surface area contributed by atoms with Crippen molar-refractivity contribution < 1.29 is 19.4 Å². The van der Waals surface area contributed by atoms with E-state index < -0.39 is 0 Å². The summed E-state index contributed by atoms with van der Waals surface area (Å²) < 4.78 is 11.3. The number of hydrogen-bond donors (Lipinski definition) is 1. The van der Waals surface area contributed by atoms with Gasteiger partial charge < -0.3 is 14.6 Å². The summed E-state index contributed by atoms with van der Waals surface area (Å²) in [6.07, 6.45) is 0.779. The maximum absolute atomic E-state index is 12.2. The first kappa shape index (κ1) is 19.6. The normalized spacial score (nSPS) is 10.5. The van der Waals surface area contributed by atoms with Crippen molar-refractivity contribution in [2.45, 2.75) is 26.6 Å². The molecule has 3 rings (SSSR count). The van der Waals surface area contributed by atoms with Crippen LogP contribution in [0.2, 0.25) is 0 Å². The Morgan fingerprint density at radius 2 is 1.75 bits per heavy atom. The largest absolute Gasteiger partial charge is 0.488 e. The van der Waals surface area contributed by atoms with E-state index in [0.717, 1.165) is 28.7 Å². The van der Waals surface area contributed by atoms with Crippen LogP contribution < -0.4 is 4.74 Å². The minimum atomic E-state index is -0.339. The lowest BCUT2D eigenvalue weighted by Gasteiger charge is -2.14. The highest BCUT2D eigenvalue weighted by atomic mass is 16.5. The van der Waals surface area contributed by atoms with Gasteiger partial charge in [0, 0.05) is 5.56 Å². The van der Waals surface area contributed by atoms with E-state index in [1.165, 1.54) is 0 Å². The third-order valence-electron chi connectivity index (χ3n) is 4.31. The Labute approximate surface area is 165 Å². The molecule has 3 aromatic rings. The lowest BCUT2D eigenvalue weighted by molar-refractivity contribution is 0.0505. The monoisotopic (exact) mass is 376 g/mol. The van der Waals surface area contributed by atoms with Crippen molar-refractivity contribution in [3.8, 4) is 16.9 Å². The van der Waals surface area contributed by atoms with Gasteiger partial charge >= 0.3 is 5.97 Å². The Kier molecular flexibility index (Phi) is 6.82. The topological polar surface area (TPSA) is 55.8 Å². The van der Waals surface area contributed by atoms with Gasteiger partial charge in [-0.2, -0.15) is 0 Å². The number of ether oxygens (including phenoxy) is 2. The van der Waals surface area contributed by atoms with Gasteiger partial charge in [0.1, 0.15) is 12.4 Å². The molecule has 1 N–H and O–H groups in total. The number of aliphatic hydroxyl groups excluding tert-OH is 1. The molecular formula is C24H24O4. The zero-order valence-corrected chi connectivity index (χ0v) is 15.9. The van der Waals surface area contributed by atoms with Gasteiger partial charge in [0.15, 0.2) is 0 Å². The molecule has 3 aromatic carbocycles. The standard InChI is InChI=1S/C24H24O4/c1-2-13-27-24(26)21-10-6-9-20(15-21)22-14-19(16-25)11-12-23(22)28-17-18-7-4-3-5-8-18/h3-12,14-15,25H,2,13,16-17H2,1H3. The Balaban J connectivity index is 1.90. The number of aliphatic hydroxyl groups is 1. The van der Waals surface area contributed by atoms with Crippen molar-refractivity contribution in [1.29, 1.82) is 0 Å². The van der Waals surface area contributed by atoms with E-state index in [0.29, 0.717) is 24.5 Å². The predicted molar refractivity (Wildman–Crippen MR) is 109 cm³/mol. The third-order valence-corrected chi connectivity index (χ3v) is 4.31. The molecule has 0 fully saturated rings. The van der Waals surface area contributed by atoms with Crippen molar-refractivity contribution in [2.75, 3.05) is 6.61 Å². The summed E-state index contributed by atoms with van der Waals surface area (Å²) in [7, 11) is 0. The lowest BCUT2D eigenvalue weighted by Crippen LogP contribution is -2.06. The summed E-state index contributed by atoms with van der Waals surface area (Å²) in [6.45, 7) is 2.73. The molecule has 28 heavy (non-hydrogen) atoms. The Morgan fingerprint density at radius 3 is 2.50 bits per heavy atom. The van der Waals surface area contributed by atoms with Crippen LogP contribution in [0, 0.1) is 0 Å². The van der Waals surface area contributed by atoms with E-state index in [1.807, 2.05) is 67.6 Å². The number of hydrogen-bond acceptors (Lipinski definition) is 4.